The minimum Gasteiger partial charge on any atom is -0.361 e. The summed E-state index contributed by atoms with van der Waals surface area (Å²) in [6.07, 6.45) is 3.71. The van der Waals surface area contributed by atoms with Crippen molar-refractivity contribution in [2.24, 2.45) is 0 Å². The summed E-state index contributed by atoms with van der Waals surface area (Å²) in [6.45, 7) is 12.0. The van der Waals surface area contributed by atoms with Gasteiger partial charge in [0, 0.05) is 29.2 Å². The van der Waals surface area contributed by atoms with E-state index in [1.54, 1.807) is 6.20 Å². The van der Waals surface area contributed by atoms with Crippen molar-refractivity contribution in [1.29, 1.82) is 0 Å². The van der Waals surface area contributed by atoms with E-state index < -0.39 is 0 Å². The first-order valence-corrected chi connectivity index (χ1v) is 10.1. The molecule has 0 radical (unpaired) electrons. The summed E-state index contributed by atoms with van der Waals surface area (Å²) in [5.41, 5.74) is 4.03. The van der Waals surface area contributed by atoms with Crippen molar-refractivity contribution in [1.82, 2.24) is 15.0 Å². The number of hydrogen-bond donors (Lipinski definition) is 2. The Morgan fingerprint density at radius 3 is 2.21 bits per heavy atom. The number of H-pyrrole nitrogens is 1. The molecule has 2 heterocycles. The topological polar surface area (TPSA) is 53.6 Å². The number of aromatic amines is 1. The molecule has 4 aromatic rings. The van der Waals surface area contributed by atoms with Crippen molar-refractivity contribution >= 4 is 22.5 Å². The molecular formula is C24H32N4. The van der Waals surface area contributed by atoms with Gasteiger partial charge in [-0.05, 0) is 35.7 Å². The number of benzene rings is 2. The standard InChI is InChI=1S/C18H14N4.3C2H6/c1-2-4-15(5-3-1)21-18-20-11-9-16(22-18)14-7-6-13-8-10-19-17(13)12-14;3*1-2/h1-12,19H,(H,20,21,22);3*1-2H3. The molecule has 0 spiro atoms. The van der Waals surface area contributed by atoms with Crippen LogP contribution in [0.15, 0.2) is 73.1 Å². The molecule has 4 heteroatoms. The molecule has 0 aliphatic carbocycles. The summed E-state index contributed by atoms with van der Waals surface area (Å²) >= 11 is 0. The van der Waals surface area contributed by atoms with E-state index in [-0.39, 0.29) is 0 Å². The van der Waals surface area contributed by atoms with Crippen LogP contribution in [0.1, 0.15) is 41.5 Å². The first-order chi connectivity index (χ1) is 13.9. The van der Waals surface area contributed by atoms with E-state index in [1.807, 2.05) is 84.1 Å². The van der Waals surface area contributed by atoms with Crippen molar-refractivity contribution in [2.45, 2.75) is 41.5 Å². The summed E-state index contributed by atoms with van der Waals surface area (Å²) < 4.78 is 0. The van der Waals surface area contributed by atoms with Gasteiger partial charge in [-0.2, -0.15) is 0 Å². The third-order valence-corrected chi connectivity index (χ3v) is 3.54. The highest BCUT2D eigenvalue weighted by Gasteiger charge is 2.04. The van der Waals surface area contributed by atoms with Gasteiger partial charge < -0.3 is 10.3 Å². The van der Waals surface area contributed by atoms with E-state index in [2.05, 4.69) is 44.5 Å². The lowest BCUT2D eigenvalue weighted by Crippen LogP contribution is -1.97. The second kappa shape index (κ2) is 13.1. The van der Waals surface area contributed by atoms with Gasteiger partial charge in [0.15, 0.2) is 0 Å². The van der Waals surface area contributed by atoms with Crippen molar-refractivity contribution in [2.75, 3.05) is 5.32 Å². The average Bonchev–Trinajstić information content (AvgIpc) is 3.27. The van der Waals surface area contributed by atoms with Crippen LogP contribution in [-0.2, 0) is 0 Å². The molecular weight excluding hydrogens is 344 g/mol. The Morgan fingerprint density at radius 1 is 0.786 bits per heavy atom. The van der Waals surface area contributed by atoms with Gasteiger partial charge in [0.25, 0.3) is 0 Å². The van der Waals surface area contributed by atoms with Crippen molar-refractivity contribution < 1.29 is 0 Å². The average molecular weight is 377 g/mol. The van der Waals surface area contributed by atoms with Crippen molar-refractivity contribution in [3.8, 4) is 11.3 Å². The van der Waals surface area contributed by atoms with Gasteiger partial charge in [-0.3, -0.25) is 0 Å². The minimum atomic E-state index is 0.593. The fourth-order valence-corrected chi connectivity index (χ4v) is 2.44. The number of nitrogens with one attached hydrogen (secondary N) is 2. The molecule has 0 fully saturated rings. The van der Waals surface area contributed by atoms with E-state index in [4.69, 9.17) is 0 Å². The third kappa shape index (κ3) is 6.23. The van der Waals surface area contributed by atoms with Gasteiger partial charge in [0.05, 0.1) is 5.69 Å². The predicted molar refractivity (Wildman–Crippen MR) is 123 cm³/mol. The zero-order valence-electron chi connectivity index (χ0n) is 17.8. The number of rotatable bonds is 3. The summed E-state index contributed by atoms with van der Waals surface area (Å²) in [5.74, 6) is 0.593. The molecule has 2 aromatic heterocycles. The number of para-hydroxylation sites is 1. The second-order valence-electron chi connectivity index (χ2n) is 5.04. The molecule has 4 nitrogen and oxygen atoms in total. The normalized spacial score (nSPS) is 9.07. The highest BCUT2D eigenvalue weighted by atomic mass is 15.1. The van der Waals surface area contributed by atoms with Crippen LogP contribution in [-0.4, -0.2) is 15.0 Å². The van der Waals surface area contributed by atoms with Crippen LogP contribution in [0.2, 0.25) is 0 Å². The Bertz CT molecular complexity index is 914. The molecule has 0 amide bonds. The Balaban J connectivity index is 0.000000599. The maximum atomic E-state index is 4.59. The summed E-state index contributed by atoms with van der Waals surface area (Å²) in [6, 6.07) is 20.1. The smallest absolute Gasteiger partial charge is 0.227 e. The lowest BCUT2D eigenvalue weighted by molar-refractivity contribution is 1.17. The first-order valence-electron chi connectivity index (χ1n) is 10.1. The molecule has 4 rings (SSSR count). The molecule has 0 saturated carbocycles. The summed E-state index contributed by atoms with van der Waals surface area (Å²) in [5, 5.41) is 4.41. The van der Waals surface area contributed by atoms with Gasteiger partial charge in [-0.15, -0.1) is 0 Å². The number of fused-ring (bicyclic) bond motifs is 1. The lowest BCUT2D eigenvalue weighted by Gasteiger charge is -2.06. The Morgan fingerprint density at radius 2 is 1.50 bits per heavy atom. The number of nitrogens with zero attached hydrogens (tertiary/aromatic N) is 2. The maximum absolute atomic E-state index is 4.59. The van der Waals surface area contributed by atoms with E-state index in [1.165, 1.54) is 5.39 Å². The van der Waals surface area contributed by atoms with Gasteiger partial charge in [-0.25, -0.2) is 9.97 Å². The van der Waals surface area contributed by atoms with Gasteiger partial charge in [0.2, 0.25) is 5.95 Å². The highest BCUT2D eigenvalue weighted by molar-refractivity contribution is 5.84. The van der Waals surface area contributed by atoms with Gasteiger partial charge >= 0.3 is 0 Å². The van der Waals surface area contributed by atoms with Crippen LogP contribution in [0.5, 0.6) is 0 Å². The Kier molecular flexibility index (Phi) is 10.7. The summed E-state index contributed by atoms with van der Waals surface area (Å²) in [7, 11) is 0. The molecule has 0 bridgehead atoms. The maximum Gasteiger partial charge on any atom is 0.227 e. The van der Waals surface area contributed by atoms with Crippen LogP contribution in [0.3, 0.4) is 0 Å². The SMILES string of the molecule is CC.CC.CC.c1ccc(Nc2nccc(-c3ccc4cc[nH]c4c3)n2)cc1. The minimum absolute atomic E-state index is 0.593. The molecule has 2 aromatic carbocycles. The van der Waals surface area contributed by atoms with Crippen molar-refractivity contribution in [3.63, 3.8) is 0 Å². The Hall–Kier alpha value is -3.14. The van der Waals surface area contributed by atoms with Crippen LogP contribution in [0.4, 0.5) is 11.6 Å². The van der Waals surface area contributed by atoms with E-state index in [0.29, 0.717) is 5.95 Å². The number of aromatic nitrogens is 3. The molecule has 0 aliphatic heterocycles. The largest absolute Gasteiger partial charge is 0.361 e. The molecule has 148 valence electrons. The summed E-state index contributed by atoms with van der Waals surface area (Å²) in [4.78, 5) is 12.1. The van der Waals surface area contributed by atoms with Crippen LogP contribution < -0.4 is 5.32 Å². The zero-order valence-corrected chi connectivity index (χ0v) is 17.8. The fraction of sp³-hybridized carbons (Fsp3) is 0.250. The van der Waals surface area contributed by atoms with Gasteiger partial charge in [-0.1, -0.05) is 71.9 Å². The molecule has 0 unspecified atom stereocenters. The molecule has 2 N–H and O–H groups in total. The first kappa shape index (κ1) is 22.9. The van der Waals surface area contributed by atoms with E-state index in [0.717, 1.165) is 22.5 Å². The molecule has 0 aliphatic rings. The van der Waals surface area contributed by atoms with E-state index >= 15 is 0 Å². The van der Waals surface area contributed by atoms with Crippen LogP contribution in [0, 0.1) is 0 Å². The van der Waals surface area contributed by atoms with E-state index in [9.17, 15) is 0 Å². The number of anilines is 2. The quantitative estimate of drug-likeness (QED) is 0.390. The molecule has 0 saturated heterocycles. The molecule has 0 atom stereocenters. The van der Waals surface area contributed by atoms with Crippen molar-refractivity contribution in [3.05, 3.63) is 73.1 Å². The van der Waals surface area contributed by atoms with Crippen LogP contribution >= 0.6 is 0 Å². The fourth-order valence-electron chi connectivity index (χ4n) is 2.44. The zero-order chi connectivity index (χ0) is 20.8. The monoisotopic (exact) mass is 376 g/mol. The van der Waals surface area contributed by atoms with Gasteiger partial charge in [0.1, 0.15) is 0 Å². The highest BCUT2D eigenvalue weighted by Crippen LogP contribution is 2.23. The molecule has 28 heavy (non-hydrogen) atoms. The van der Waals surface area contributed by atoms with Crippen LogP contribution in [0.25, 0.3) is 22.2 Å². The second-order valence-corrected chi connectivity index (χ2v) is 5.04. The third-order valence-electron chi connectivity index (χ3n) is 3.54. The predicted octanol–water partition coefficient (Wildman–Crippen LogP) is 7.45. The lowest BCUT2D eigenvalue weighted by atomic mass is 10.1. The number of hydrogen-bond acceptors (Lipinski definition) is 3. The Labute approximate surface area is 169 Å².